The van der Waals surface area contributed by atoms with E-state index < -0.39 is 5.82 Å². The van der Waals surface area contributed by atoms with Crippen LogP contribution in [0.5, 0.6) is 0 Å². The lowest BCUT2D eigenvalue weighted by atomic mass is 10.1. The zero-order chi connectivity index (χ0) is 13.8. The van der Waals surface area contributed by atoms with Gasteiger partial charge in [-0.05, 0) is 30.3 Å². The van der Waals surface area contributed by atoms with Crippen LogP contribution in [0.25, 0.3) is 0 Å². The molecular weight excluding hydrogens is 243 g/mol. The number of halogens is 1. The molecule has 0 atom stereocenters. The van der Waals surface area contributed by atoms with Crippen molar-refractivity contribution in [3.05, 3.63) is 59.4 Å². The van der Waals surface area contributed by atoms with Crippen molar-refractivity contribution in [2.24, 2.45) is 0 Å². The van der Waals surface area contributed by atoms with Crippen LogP contribution in [0.4, 0.5) is 15.8 Å². The Morgan fingerprint density at radius 2 is 2.00 bits per heavy atom. The van der Waals surface area contributed by atoms with Crippen LogP contribution >= 0.6 is 0 Å². The SMILES string of the molecule is CN(c1cc(F)cc(C=O)c1)c1ccccc1C#N. The van der Waals surface area contributed by atoms with E-state index in [9.17, 15) is 9.18 Å². The number of carbonyl (C=O) groups is 1. The van der Waals surface area contributed by atoms with Crippen LogP contribution in [0, 0.1) is 17.1 Å². The molecule has 0 spiro atoms. The van der Waals surface area contributed by atoms with Gasteiger partial charge in [-0.15, -0.1) is 0 Å². The summed E-state index contributed by atoms with van der Waals surface area (Å²) in [4.78, 5) is 12.4. The number of para-hydroxylation sites is 1. The lowest BCUT2D eigenvalue weighted by Crippen LogP contribution is -2.11. The van der Waals surface area contributed by atoms with E-state index in [1.807, 2.05) is 0 Å². The summed E-state index contributed by atoms with van der Waals surface area (Å²) in [6.07, 6.45) is 0.594. The van der Waals surface area contributed by atoms with Crippen molar-refractivity contribution in [2.45, 2.75) is 0 Å². The highest BCUT2D eigenvalue weighted by molar-refractivity contribution is 5.79. The molecule has 0 radical (unpaired) electrons. The quantitative estimate of drug-likeness (QED) is 0.789. The topological polar surface area (TPSA) is 44.1 Å². The van der Waals surface area contributed by atoms with E-state index in [-0.39, 0.29) is 5.56 Å². The summed E-state index contributed by atoms with van der Waals surface area (Å²) in [5.41, 5.74) is 1.93. The van der Waals surface area contributed by atoms with Gasteiger partial charge in [-0.1, -0.05) is 12.1 Å². The Morgan fingerprint density at radius 3 is 2.68 bits per heavy atom. The first-order valence-electron chi connectivity index (χ1n) is 5.64. The minimum atomic E-state index is -0.485. The second-order valence-electron chi connectivity index (χ2n) is 4.05. The molecule has 2 aromatic rings. The fraction of sp³-hybridized carbons (Fsp3) is 0.0667. The fourth-order valence-electron chi connectivity index (χ4n) is 1.86. The third kappa shape index (κ3) is 2.61. The van der Waals surface area contributed by atoms with Crippen LogP contribution in [-0.2, 0) is 0 Å². The number of anilines is 2. The Morgan fingerprint density at radius 1 is 1.26 bits per heavy atom. The number of hydrogen-bond donors (Lipinski definition) is 0. The van der Waals surface area contributed by atoms with Crippen LogP contribution in [0.3, 0.4) is 0 Å². The molecule has 2 aromatic carbocycles. The van der Waals surface area contributed by atoms with Crippen LogP contribution in [0.1, 0.15) is 15.9 Å². The summed E-state index contributed by atoms with van der Waals surface area (Å²) in [5.74, 6) is -0.485. The minimum Gasteiger partial charge on any atom is -0.343 e. The van der Waals surface area contributed by atoms with E-state index in [1.165, 1.54) is 12.1 Å². The van der Waals surface area contributed by atoms with E-state index in [0.717, 1.165) is 0 Å². The largest absolute Gasteiger partial charge is 0.343 e. The van der Waals surface area contributed by atoms with Gasteiger partial charge >= 0.3 is 0 Å². The van der Waals surface area contributed by atoms with E-state index in [2.05, 4.69) is 6.07 Å². The molecule has 94 valence electrons. The van der Waals surface area contributed by atoms with E-state index in [4.69, 9.17) is 5.26 Å². The van der Waals surface area contributed by atoms with E-state index in [1.54, 1.807) is 42.3 Å². The molecule has 0 fully saturated rings. The van der Waals surface area contributed by atoms with Crippen LogP contribution in [-0.4, -0.2) is 13.3 Å². The Hall–Kier alpha value is -2.67. The van der Waals surface area contributed by atoms with Crippen LogP contribution in [0.15, 0.2) is 42.5 Å². The highest BCUT2D eigenvalue weighted by Gasteiger charge is 2.10. The van der Waals surface area contributed by atoms with Gasteiger partial charge < -0.3 is 4.90 Å². The van der Waals surface area contributed by atoms with Crippen molar-refractivity contribution < 1.29 is 9.18 Å². The summed E-state index contributed by atoms with van der Waals surface area (Å²) >= 11 is 0. The Labute approximate surface area is 110 Å². The summed E-state index contributed by atoms with van der Waals surface area (Å²) in [5, 5.41) is 9.06. The molecule has 0 aliphatic rings. The van der Waals surface area contributed by atoms with Gasteiger partial charge in [-0.3, -0.25) is 4.79 Å². The monoisotopic (exact) mass is 254 g/mol. The Balaban J connectivity index is 2.50. The maximum absolute atomic E-state index is 13.4. The van der Waals surface area contributed by atoms with Crippen molar-refractivity contribution in [3.63, 3.8) is 0 Å². The number of nitriles is 1. The molecule has 0 aliphatic carbocycles. The lowest BCUT2D eigenvalue weighted by Gasteiger charge is -2.21. The number of rotatable bonds is 3. The van der Waals surface area contributed by atoms with E-state index >= 15 is 0 Å². The first-order valence-corrected chi connectivity index (χ1v) is 5.64. The van der Waals surface area contributed by atoms with E-state index in [0.29, 0.717) is 23.2 Å². The van der Waals surface area contributed by atoms with Crippen molar-refractivity contribution in [2.75, 3.05) is 11.9 Å². The molecule has 19 heavy (non-hydrogen) atoms. The molecule has 4 heteroatoms. The third-order valence-corrected chi connectivity index (χ3v) is 2.81. The van der Waals surface area contributed by atoms with Crippen molar-refractivity contribution in [1.29, 1.82) is 5.26 Å². The molecule has 0 heterocycles. The van der Waals surface area contributed by atoms with Crippen molar-refractivity contribution in [1.82, 2.24) is 0 Å². The predicted molar refractivity (Wildman–Crippen MR) is 71.0 cm³/mol. The summed E-state index contributed by atoms with van der Waals surface area (Å²) in [6.45, 7) is 0. The summed E-state index contributed by atoms with van der Waals surface area (Å²) in [7, 11) is 1.72. The van der Waals surface area contributed by atoms with Gasteiger partial charge in [0.1, 0.15) is 18.2 Å². The van der Waals surface area contributed by atoms with Gasteiger partial charge in [0, 0.05) is 18.3 Å². The third-order valence-electron chi connectivity index (χ3n) is 2.81. The molecule has 0 bridgehead atoms. The number of nitrogens with zero attached hydrogens (tertiary/aromatic N) is 2. The van der Waals surface area contributed by atoms with Gasteiger partial charge in [0.2, 0.25) is 0 Å². The molecule has 2 rings (SSSR count). The predicted octanol–water partition coefficient (Wildman–Crippen LogP) is 3.28. The molecule has 0 aliphatic heterocycles. The number of aldehydes is 1. The molecule has 0 N–H and O–H groups in total. The first kappa shape index (κ1) is 12.8. The molecule has 0 saturated carbocycles. The molecule has 0 unspecified atom stereocenters. The zero-order valence-electron chi connectivity index (χ0n) is 10.3. The number of carbonyl (C=O) groups excluding carboxylic acids is 1. The summed E-state index contributed by atoms with van der Waals surface area (Å²) < 4.78 is 13.4. The lowest BCUT2D eigenvalue weighted by molar-refractivity contribution is 0.112. The average molecular weight is 254 g/mol. The maximum Gasteiger partial charge on any atom is 0.150 e. The first-order chi connectivity index (χ1) is 9.15. The number of hydrogen-bond acceptors (Lipinski definition) is 3. The average Bonchev–Trinajstić information content (AvgIpc) is 2.45. The zero-order valence-corrected chi connectivity index (χ0v) is 10.3. The molecule has 3 nitrogen and oxygen atoms in total. The fourth-order valence-corrected chi connectivity index (χ4v) is 1.86. The van der Waals surface area contributed by atoms with Crippen molar-refractivity contribution in [3.8, 4) is 6.07 Å². The van der Waals surface area contributed by atoms with Crippen molar-refractivity contribution >= 4 is 17.7 Å². The Kier molecular flexibility index (Phi) is 3.58. The molecular formula is C15H11FN2O. The maximum atomic E-state index is 13.4. The Bertz CT molecular complexity index is 661. The standard InChI is InChI=1S/C15H11FN2O/c1-18(15-5-3-2-4-12(15)9-17)14-7-11(10-19)6-13(16)8-14/h2-8,10H,1H3. The highest BCUT2D eigenvalue weighted by Crippen LogP contribution is 2.27. The summed E-state index contributed by atoms with van der Waals surface area (Å²) in [6, 6.07) is 13.2. The van der Waals surface area contributed by atoms with Crippen LogP contribution in [0.2, 0.25) is 0 Å². The molecule has 0 amide bonds. The second kappa shape index (κ2) is 5.32. The van der Waals surface area contributed by atoms with Gasteiger partial charge in [0.15, 0.2) is 0 Å². The van der Waals surface area contributed by atoms with Gasteiger partial charge in [0.05, 0.1) is 11.3 Å². The highest BCUT2D eigenvalue weighted by atomic mass is 19.1. The number of benzene rings is 2. The smallest absolute Gasteiger partial charge is 0.150 e. The second-order valence-corrected chi connectivity index (χ2v) is 4.05. The minimum absolute atomic E-state index is 0.260. The van der Waals surface area contributed by atoms with Gasteiger partial charge in [-0.2, -0.15) is 5.26 Å². The van der Waals surface area contributed by atoms with Gasteiger partial charge in [0.25, 0.3) is 0 Å². The molecule has 0 aromatic heterocycles. The molecule has 0 saturated heterocycles. The van der Waals surface area contributed by atoms with Crippen LogP contribution < -0.4 is 4.90 Å². The van der Waals surface area contributed by atoms with Gasteiger partial charge in [-0.25, -0.2) is 4.39 Å². The normalized spacial score (nSPS) is 9.74.